The summed E-state index contributed by atoms with van der Waals surface area (Å²) >= 11 is 0. The lowest BCUT2D eigenvalue weighted by Gasteiger charge is -2.26. The molecule has 6 N–H and O–H groups in total. The number of primary amides is 1. The van der Waals surface area contributed by atoms with Gasteiger partial charge in [0.15, 0.2) is 0 Å². The molecule has 1 aromatic carbocycles. The van der Waals surface area contributed by atoms with Gasteiger partial charge in [-0.25, -0.2) is 4.79 Å². The number of esters is 1. The maximum absolute atomic E-state index is 13.2. The summed E-state index contributed by atoms with van der Waals surface area (Å²) in [6.45, 7) is 8.54. The molecule has 9 nitrogen and oxygen atoms in total. The third-order valence-corrected chi connectivity index (χ3v) is 8.94. The van der Waals surface area contributed by atoms with Crippen LogP contribution in [0.3, 0.4) is 0 Å². The van der Waals surface area contributed by atoms with Crippen LogP contribution in [0.4, 0.5) is 10.5 Å². The number of amides is 3. The van der Waals surface area contributed by atoms with Crippen LogP contribution in [0.15, 0.2) is 24.3 Å². The zero-order chi connectivity index (χ0) is 32.7. The SMILES string of the molecule is CCN[C@H](CN[C@@H](CCCNC(N)=O)C(=O)Nc1ccc(COC(=O)CC2CCCCCCCCCCCCC2)cc1)C(C)C. The van der Waals surface area contributed by atoms with Gasteiger partial charge in [0, 0.05) is 31.2 Å². The average molecular weight is 630 g/mol. The molecule has 0 aromatic heterocycles. The minimum atomic E-state index is -0.566. The summed E-state index contributed by atoms with van der Waals surface area (Å²) in [7, 11) is 0. The normalized spacial score (nSPS) is 17.2. The minimum absolute atomic E-state index is 0.115. The van der Waals surface area contributed by atoms with Gasteiger partial charge >= 0.3 is 12.0 Å². The van der Waals surface area contributed by atoms with Gasteiger partial charge < -0.3 is 31.7 Å². The predicted molar refractivity (Wildman–Crippen MR) is 184 cm³/mol. The molecule has 2 rings (SSSR count). The molecule has 0 spiro atoms. The summed E-state index contributed by atoms with van der Waals surface area (Å²) in [5.74, 6) is 0.583. The van der Waals surface area contributed by atoms with Crippen LogP contribution in [0, 0.1) is 11.8 Å². The Morgan fingerprint density at radius 3 is 1.98 bits per heavy atom. The molecule has 2 atom stereocenters. The molecular formula is C36H63N5O4. The van der Waals surface area contributed by atoms with Crippen molar-refractivity contribution in [2.45, 2.75) is 142 Å². The lowest BCUT2D eigenvalue weighted by Crippen LogP contribution is -2.49. The van der Waals surface area contributed by atoms with Gasteiger partial charge in [0.1, 0.15) is 6.61 Å². The highest BCUT2D eigenvalue weighted by atomic mass is 16.5. The Balaban J connectivity index is 1.85. The van der Waals surface area contributed by atoms with Gasteiger partial charge in [0.05, 0.1) is 6.04 Å². The molecule has 0 unspecified atom stereocenters. The molecule has 0 saturated heterocycles. The van der Waals surface area contributed by atoms with E-state index in [1.807, 2.05) is 24.3 Å². The molecule has 0 bridgehead atoms. The van der Waals surface area contributed by atoms with Crippen LogP contribution in [-0.2, 0) is 20.9 Å². The van der Waals surface area contributed by atoms with Crippen LogP contribution in [0.5, 0.6) is 0 Å². The first-order chi connectivity index (χ1) is 21.8. The maximum Gasteiger partial charge on any atom is 0.312 e. The van der Waals surface area contributed by atoms with E-state index in [4.69, 9.17) is 10.5 Å². The maximum atomic E-state index is 13.2. The van der Waals surface area contributed by atoms with E-state index in [0.717, 1.165) is 24.9 Å². The Morgan fingerprint density at radius 1 is 0.867 bits per heavy atom. The quantitative estimate of drug-likeness (QED) is 0.101. The fourth-order valence-electron chi connectivity index (χ4n) is 6.10. The predicted octanol–water partition coefficient (Wildman–Crippen LogP) is 6.80. The zero-order valence-electron chi connectivity index (χ0n) is 28.5. The Bertz CT molecular complexity index is 941. The smallest absolute Gasteiger partial charge is 0.312 e. The number of likely N-dealkylation sites (N-methyl/N-ethyl adjacent to an activating group) is 1. The molecule has 1 aliphatic rings. The number of nitrogens with one attached hydrogen (secondary N) is 4. The monoisotopic (exact) mass is 629 g/mol. The number of nitrogens with two attached hydrogens (primary N) is 1. The van der Waals surface area contributed by atoms with Crippen LogP contribution in [0.2, 0.25) is 0 Å². The number of carbonyl (C=O) groups is 3. The van der Waals surface area contributed by atoms with Gasteiger partial charge in [-0.1, -0.05) is 104 Å². The third kappa shape index (κ3) is 18.2. The first kappa shape index (κ1) is 38.5. The summed E-state index contributed by atoms with van der Waals surface area (Å²) < 4.78 is 5.68. The van der Waals surface area contributed by atoms with Crippen LogP contribution < -0.4 is 27.0 Å². The second kappa shape index (κ2) is 23.7. The molecule has 1 aromatic rings. The standard InChI is InChI=1S/C36H63N5O4/c1-4-38-33(28(2)3)26-40-32(19-16-24-39-36(37)44)35(43)41-31-22-20-30(21-23-31)27-45-34(42)25-29-17-14-12-10-8-6-5-7-9-11-13-15-18-29/h20-23,28-29,32-33,38,40H,4-19,24-27H2,1-3H3,(H,41,43)(H3,37,39,44)/t32-,33+/m0/s1. The molecule has 1 saturated carbocycles. The average Bonchev–Trinajstić information content (AvgIpc) is 3.01. The number of benzene rings is 1. The van der Waals surface area contributed by atoms with Crippen LogP contribution in [-0.4, -0.2) is 49.6 Å². The molecule has 0 aliphatic heterocycles. The Kier molecular flexibility index (Phi) is 20.3. The van der Waals surface area contributed by atoms with E-state index in [1.165, 1.54) is 70.6 Å². The number of hydrogen-bond donors (Lipinski definition) is 5. The number of ether oxygens (including phenoxy) is 1. The number of rotatable bonds is 16. The summed E-state index contributed by atoms with van der Waals surface area (Å²) in [5, 5.41) is 12.5. The van der Waals surface area contributed by atoms with Crippen molar-refractivity contribution in [3.8, 4) is 0 Å². The summed E-state index contributed by atoms with van der Waals surface area (Å²) in [6.07, 6.45) is 18.3. The highest BCUT2D eigenvalue weighted by Gasteiger charge is 2.21. The summed E-state index contributed by atoms with van der Waals surface area (Å²) in [4.78, 5) is 37.1. The minimum Gasteiger partial charge on any atom is -0.461 e. The summed E-state index contributed by atoms with van der Waals surface area (Å²) in [5.41, 5.74) is 6.76. The van der Waals surface area contributed by atoms with E-state index in [1.54, 1.807) is 0 Å². The van der Waals surface area contributed by atoms with E-state index >= 15 is 0 Å². The van der Waals surface area contributed by atoms with E-state index in [-0.39, 0.29) is 24.5 Å². The van der Waals surface area contributed by atoms with E-state index in [0.29, 0.717) is 49.9 Å². The lowest BCUT2D eigenvalue weighted by atomic mass is 9.91. The lowest BCUT2D eigenvalue weighted by molar-refractivity contribution is -0.146. The topological polar surface area (TPSA) is 135 Å². The van der Waals surface area contributed by atoms with Gasteiger partial charge in [0.2, 0.25) is 5.91 Å². The second-order valence-corrected chi connectivity index (χ2v) is 13.2. The van der Waals surface area contributed by atoms with Crippen molar-refractivity contribution in [1.29, 1.82) is 0 Å². The van der Waals surface area contributed by atoms with Crippen molar-refractivity contribution in [1.82, 2.24) is 16.0 Å². The number of carbonyl (C=O) groups excluding carboxylic acids is 3. The molecule has 0 radical (unpaired) electrons. The molecule has 256 valence electrons. The van der Waals surface area contributed by atoms with Crippen molar-refractivity contribution >= 4 is 23.6 Å². The van der Waals surface area contributed by atoms with E-state index in [9.17, 15) is 14.4 Å². The zero-order valence-corrected chi connectivity index (χ0v) is 28.5. The van der Waals surface area contributed by atoms with Crippen LogP contribution >= 0.6 is 0 Å². The molecule has 45 heavy (non-hydrogen) atoms. The first-order valence-corrected chi connectivity index (χ1v) is 17.8. The van der Waals surface area contributed by atoms with Gasteiger partial charge in [-0.15, -0.1) is 0 Å². The van der Waals surface area contributed by atoms with Crippen molar-refractivity contribution in [2.75, 3.05) is 25.0 Å². The number of urea groups is 1. The van der Waals surface area contributed by atoms with Crippen molar-refractivity contribution in [3.05, 3.63) is 29.8 Å². The van der Waals surface area contributed by atoms with Gasteiger partial charge in [-0.2, -0.15) is 0 Å². The van der Waals surface area contributed by atoms with Gasteiger partial charge in [-0.3, -0.25) is 9.59 Å². The first-order valence-electron chi connectivity index (χ1n) is 17.8. The van der Waals surface area contributed by atoms with Crippen LogP contribution in [0.1, 0.15) is 129 Å². The second-order valence-electron chi connectivity index (χ2n) is 13.2. The fraction of sp³-hybridized carbons (Fsp3) is 0.750. The molecule has 0 heterocycles. The van der Waals surface area contributed by atoms with Gasteiger partial charge in [0.25, 0.3) is 0 Å². The molecule has 9 heteroatoms. The Labute approximate surface area is 273 Å². The van der Waals surface area contributed by atoms with Crippen molar-refractivity contribution in [3.63, 3.8) is 0 Å². The molecular weight excluding hydrogens is 566 g/mol. The van der Waals surface area contributed by atoms with E-state index < -0.39 is 12.1 Å². The van der Waals surface area contributed by atoms with Crippen molar-refractivity contribution in [2.24, 2.45) is 17.6 Å². The number of hydrogen-bond acceptors (Lipinski definition) is 6. The van der Waals surface area contributed by atoms with Crippen LogP contribution in [0.25, 0.3) is 0 Å². The fourth-order valence-corrected chi connectivity index (χ4v) is 6.10. The number of anilines is 1. The highest BCUT2D eigenvalue weighted by molar-refractivity contribution is 5.94. The molecule has 3 amide bonds. The molecule has 1 fully saturated rings. The highest BCUT2D eigenvalue weighted by Crippen LogP contribution is 2.24. The summed E-state index contributed by atoms with van der Waals surface area (Å²) in [6, 6.07) is 6.72. The Hall–Kier alpha value is -2.65. The van der Waals surface area contributed by atoms with Gasteiger partial charge in [-0.05, 0) is 61.8 Å². The van der Waals surface area contributed by atoms with E-state index in [2.05, 4.69) is 42.0 Å². The Morgan fingerprint density at radius 2 is 1.44 bits per heavy atom. The largest absolute Gasteiger partial charge is 0.461 e. The van der Waals surface area contributed by atoms with Crippen molar-refractivity contribution < 1.29 is 19.1 Å². The molecule has 1 aliphatic carbocycles. The third-order valence-electron chi connectivity index (χ3n) is 8.94.